The van der Waals surface area contributed by atoms with Gasteiger partial charge in [0.15, 0.2) is 0 Å². The highest BCUT2D eigenvalue weighted by Gasteiger charge is 2.42. The van der Waals surface area contributed by atoms with Crippen molar-refractivity contribution in [1.29, 1.82) is 0 Å². The SMILES string of the molecule is Cc1ccc2c(c1)[C@H]1CN3CCC(CC3)[C@H]1N2. The lowest BCUT2D eigenvalue weighted by atomic mass is 9.85. The van der Waals surface area contributed by atoms with Crippen LogP contribution in [0.5, 0.6) is 0 Å². The predicted octanol–water partition coefficient (Wildman–Crippen LogP) is 2.60. The van der Waals surface area contributed by atoms with Crippen LogP contribution in [0, 0.1) is 12.8 Å². The van der Waals surface area contributed by atoms with Crippen molar-refractivity contribution in [3.05, 3.63) is 29.3 Å². The minimum Gasteiger partial charge on any atom is -0.381 e. The van der Waals surface area contributed by atoms with E-state index in [1.165, 1.54) is 43.7 Å². The van der Waals surface area contributed by atoms with E-state index < -0.39 is 0 Å². The third kappa shape index (κ3) is 1.43. The number of hydrogen-bond donors (Lipinski definition) is 1. The molecule has 4 aliphatic heterocycles. The number of anilines is 1. The summed E-state index contributed by atoms with van der Waals surface area (Å²) in [6.07, 6.45) is 2.78. The maximum atomic E-state index is 3.80. The van der Waals surface area contributed by atoms with Crippen molar-refractivity contribution in [1.82, 2.24) is 4.90 Å². The summed E-state index contributed by atoms with van der Waals surface area (Å²) in [7, 11) is 0. The third-order valence-electron chi connectivity index (χ3n) is 4.96. The average Bonchev–Trinajstić information content (AvgIpc) is 2.51. The molecule has 1 aromatic rings. The largest absolute Gasteiger partial charge is 0.381 e. The summed E-state index contributed by atoms with van der Waals surface area (Å²) in [5.41, 5.74) is 4.38. The molecule has 0 amide bonds. The van der Waals surface area contributed by atoms with Crippen LogP contribution in [0.15, 0.2) is 18.2 Å². The molecule has 2 heteroatoms. The van der Waals surface area contributed by atoms with Crippen LogP contribution >= 0.6 is 0 Å². The summed E-state index contributed by atoms with van der Waals surface area (Å²) in [5.74, 6) is 1.63. The van der Waals surface area contributed by atoms with Gasteiger partial charge in [-0.1, -0.05) is 17.7 Å². The van der Waals surface area contributed by atoms with E-state index in [0.29, 0.717) is 6.04 Å². The lowest BCUT2D eigenvalue weighted by Crippen LogP contribution is -2.33. The zero-order valence-corrected chi connectivity index (χ0v) is 10.4. The molecule has 17 heavy (non-hydrogen) atoms. The van der Waals surface area contributed by atoms with Gasteiger partial charge in [-0.15, -0.1) is 0 Å². The summed E-state index contributed by atoms with van der Waals surface area (Å²) in [4.78, 5) is 2.67. The second kappa shape index (κ2) is 3.49. The van der Waals surface area contributed by atoms with E-state index in [1.54, 1.807) is 5.56 Å². The van der Waals surface area contributed by atoms with Gasteiger partial charge in [0, 0.05) is 24.2 Å². The van der Waals surface area contributed by atoms with Gasteiger partial charge >= 0.3 is 0 Å². The highest BCUT2D eigenvalue weighted by molar-refractivity contribution is 5.61. The molecule has 2 bridgehead atoms. The van der Waals surface area contributed by atoms with Gasteiger partial charge in [0.2, 0.25) is 0 Å². The maximum absolute atomic E-state index is 3.80. The van der Waals surface area contributed by atoms with Gasteiger partial charge in [0.25, 0.3) is 0 Å². The molecule has 0 radical (unpaired) electrons. The summed E-state index contributed by atoms with van der Waals surface area (Å²) < 4.78 is 0. The van der Waals surface area contributed by atoms with Crippen molar-refractivity contribution < 1.29 is 0 Å². The molecule has 2 atom stereocenters. The fourth-order valence-corrected chi connectivity index (χ4v) is 4.03. The molecule has 4 aliphatic rings. The van der Waals surface area contributed by atoms with Gasteiger partial charge in [0.1, 0.15) is 0 Å². The highest BCUT2D eigenvalue weighted by Crippen LogP contribution is 2.44. The van der Waals surface area contributed by atoms with Crippen molar-refractivity contribution in [3.8, 4) is 0 Å². The van der Waals surface area contributed by atoms with E-state index in [2.05, 4.69) is 35.3 Å². The fourth-order valence-electron chi connectivity index (χ4n) is 4.03. The molecule has 2 nitrogen and oxygen atoms in total. The first-order chi connectivity index (χ1) is 8.31. The van der Waals surface area contributed by atoms with Gasteiger partial charge in [0.05, 0.1) is 0 Å². The zero-order valence-electron chi connectivity index (χ0n) is 10.4. The van der Waals surface area contributed by atoms with E-state index in [1.807, 2.05) is 0 Å². The van der Waals surface area contributed by atoms with Crippen LogP contribution in [0.3, 0.4) is 0 Å². The maximum Gasteiger partial charge on any atom is 0.0379 e. The van der Waals surface area contributed by atoms with E-state index in [4.69, 9.17) is 0 Å². The monoisotopic (exact) mass is 228 g/mol. The molecule has 5 rings (SSSR count). The van der Waals surface area contributed by atoms with Crippen molar-refractivity contribution >= 4 is 5.69 Å². The molecule has 0 aromatic heterocycles. The Kier molecular flexibility index (Phi) is 2.04. The number of hydrogen-bond acceptors (Lipinski definition) is 2. The summed E-state index contributed by atoms with van der Waals surface area (Å²) >= 11 is 0. The Balaban J connectivity index is 1.78. The highest BCUT2D eigenvalue weighted by atomic mass is 15.2. The van der Waals surface area contributed by atoms with Crippen LogP contribution in [0.1, 0.15) is 29.9 Å². The summed E-state index contributed by atoms with van der Waals surface area (Å²) in [5, 5.41) is 3.80. The molecule has 0 unspecified atom stereocenters. The standard InChI is InChI=1S/C15H20N2/c1-10-2-3-14-12(8-10)13-9-17-6-4-11(5-7-17)15(13)16-14/h2-3,8,11,13,15-16H,4-7,9H2,1H3/t13-,15-/m1/s1. The molecule has 0 spiro atoms. The van der Waals surface area contributed by atoms with Crippen molar-refractivity contribution in [2.45, 2.75) is 31.7 Å². The Hall–Kier alpha value is -1.02. The smallest absolute Gasteiger partial charge is 0.0379 e. The van der Waals surface area contributed by atoms with Crippen molar-refractivity contribution in [2.75, 3.05) is 25.0 Å². The van der Waals surface area contributed by atoms with Gasteiger partial charge in [-0.2, -0.15) is 0 Å². The van der Waals surface area contributed by atoms with E-state index in [9.17, 15) is 0 Å². The van der Waals surface area contributed by atoms with Crippen LogP contribution in [-0.2, 0) is 0 Å². The number of aryl methyl sites for hydroxylation is 1. The summed E-state index contributed by atoms with van der Waals surface area (Å²) in [6, 6.07) is 7.62. The fraction of sp³-hybridized carbons (Fsp3) is 0.600. The molecule has 90 valence electrons. The van der Waals surface area contributed by atoms with Crippen LogP contribution in [-0.4, -0.2) is 30.6 Å². The molecule has 1 aromatic carbocycles. The molecule has 3 fully saturated rings. The number of rotatable bonds is 0. The minimum atomic E-state index is 0.708. The van der Waals surface area contributed by atoms with Crippen molar-refractivity contribution in [2.24, 2.45) is 5.92 Å². The molecular weight excluding hydrogens is 208 g/mol. The second-order valence-corrected chi connectivity index (χ2v) is 6.01. The Bertz CT molecular complexity index is 446. The van der Waals surface area contributed by atoms with Crippen LogP contribution < -0.4 is 5.32 Å². The van der Waals surface area contributed by atoms with E-state index in [0.717, 1.165) is 11.8 Å². The van der Waals surface area contributed by atoms with Crippen LogP contribution in [0.25, 0.3) is 0 Å². The normalized spacial score (nSPS) is 38.2. The van der Waals surface area contributed by atoms with Gasteiger partial charge in [-0.05, 0) is 50.4 Å². The number of nitrogens with zero attached hydrogens (tertiary/aromatic N) is 1. The number of benzene rings is 1. The average molecular weight is 228 g/mol. The van der Waals surface area contributed by atoms with Crippen LogP contribution in [0.4, 0.5) is 5.69 Å². The lowest BCUT2D eigenvalue weighted by Gasteiger charge is -2.28. The van der Waals surface area contributed by atoms with E-state index in [-0.39, 0.29) is 0 Å². The first-order valence-corrected chi connectivity index (χ1v) is 6.91. The first-order valence-electron chi connectivity index (χ1n) is 6.91. The lowest BCUT2D eigenvalue weighted by molar-refractivity contribution is 0.220. The molecule has 3 saturated heterocycles. The van der Waals surface area contributed by atoms with Gasteiger partial charge < -0.3 is 10.2 Å². The Labute approximate surface area is 103 Å². The zero-order chi connectivity index (χ0) is 11.4. The Morgan fingerprint density at radius 2 is 2.06 bits per heavy atom. The number of nitrogens with one attached hydrogen (secondary N) is 1. The molecule has 4 heterocycles. The van der Waals surface area contributed by atoms with Crippen molar-refractivity contribution in [3.63, 3.8) is 0 Å². The van der Waals surface area contributed by atoms with Gasteiger partial charge in [-0.25, -0.2) is 0 Å². The van der Waals surface area contributed by atoms with Crippen LogP contribution in [0.2, 0.25) is 0 Å². The van der Waals surface area contributed by atoms with Gasteiger partial charge in [-0.3, -0.25) is 0 Å². The Morgan fingerprint density at radius 3 is 2.88 bits per heavy atom. The quantitative estimate of drug-likeness (QED) is 0.734. The molecule has 1 N–H and O–H groups in total. The first kappa shape index (κ1) is 9.95. The minimum absolute atomic E-state index is 0.708. The molecule has 0 aliphatic carbocycles. The predicted molar refractivity (Wildman–Crippen MR) is 70.5 cm³/mol. The second-order valence-electron chi connectivity index (χ2n) is 6.01. The summed E-state index contributed by atoms with van der Waals surface area (Å²) in [6.45, 7) is 6.12. The molecule has 0 saturated carbocycles. The number of fused-ring (bicyclic) bond motifs is 3. The topological polar surface area (TPSA) is 15.3 Å². The van der Waals surface area contributed by atoms with E-state index >= 15 is 0 Å². The Morgan fingerprint density at radius 1 is 1.24 bits per heavy atom. The number of piperidine rings is 1. The molecular formula is C15H20N2. The third-order valence-corrected chi connectivity index (χ3v) is 4.96.